The molecule has 1 aromatic heterocycles. The summed E-state index contributed by atoms with van der Waals surface area (Å²) < 4.78 is 1.12. The van der Waals surface area contributed by atoms with Crippen molar-refractivity contribution in [3.05, 3.63) is 50.6 Å². The lowest BCUT2D eigenvalue weighted by molar-refractivity contribution is -0.117. The van der Waals surface area contributed by atoms with Gasteiger partial charge in [0.05, 0.1) is 10.3 Å². The molecule has 0 saturated carbocycles. The number of rotatable bonds is 7. The fraction of sp³-hybridized carbons (Fsp3) is 0.389. The summed E-state index contributed by atoms with van der Waals surface area (Å²) in [5.41, 5.74) is 2.09. The Hall–Kier alpha value is -1.17. The second-order valence-electron chi connectivity index (χ2n) is 5.80. The number of nitrogens with zero attached hydrogens (tertiary/aromatic N) is 1. The molecule has 0 aliphatic heterocycles. The van der Waals surface area contributed by atoms with E-state index in [1.54, 1.807) is 11.3 Å². The van der Waals surface area contributed by atoms with Crippen LogP contribution in [0.2, 0.25) is 0 Å². The molecule has 0 radical (unpaired) electrons. The van der Waals surface area contributed by atoms with E-state index < -0.39 is 0 Å². The molecule has 3 nitrogen and oxygen atoms in total. The molecule has 1 N–H and O–H groups in total. The monoisotopic (exact) mass is 394 g/mol. The Morgan fingerprint density at radius 3 is 2.61 bits per heavy atom. The largest absolute Gasteiger partial charge is 0.325 e. The number of anilines is 1. The summed E-state index contributed by atoms with van der Waals surface area (Å²) in [7, 11) is 0. The molecular weight excluding hydrogens is 372 g/mol. The van der Waals surface area contributed by atoms with E-state index in [-0.39, 0.29) is 5.91 Å². The van der Waals surface area contributed by atoms with E-state index in [1.165, 1.54) is 10.4 Å². The van der Waals surface area contributed by atoms with E-state index in [4.69, 9.17) is 0 Å². The Bertz CT molecular complexity index is 654. The van der Waals surface area contributed by atoms with Crippen molar-refractivity contribution in [1.82, 2.24) is 4.90 Å². The molecule has 23 heavy (non-hydrogen) atoms. The quantitative estimate of drug-likeness (QED) is 0.708. The predicted octanol–water partition coefficient (Wildman–Crippen LogP) is 5.09. The van der Waals surface area contributed by atoms with Crippen LogP contribution in [0.15, 0.2) is 40.2 Å². The van der Waals surface area contributed by atoms with Gasteiger partial charge in [-0.05, 0) is 52.2 Å². The van der Waals surface area contributed by atoms with Gasteiger partial charge >= 0.3 is 0 Å². The number of carbonyl (C=O) groups is 1. The standard InChI is InChI=1S/C18H23BrN2OS/c1-4-21(11-14-9-10-17(19)23-14)12-18(22)20-16-8-6-5-7-15(16)13(2)3/h5-10,13H,4,11-12H2,1-3H3,(H,20,22). The molecule has 1 amide bonds. The zero-order valence-electron chi connectivity index (χ0n) is 13.8. The van der Waals surface area contributed by atoms with Crippen LogP contribution in [-0.4, -0.2) is 23.9 Å². The zero-order chi connectivity index (χ0) is 16.8. The minimum Gasteiger partial charge on any atom is -0.325 e. The van der Waals surface area contributed by atoms with Crippen LogP contribution in [0, 0.1) is 0 Å². The second-order valence-corrected chi connectivity index (χ2v) is 8.35. The summed E-state index contributed by atoms with van der Waals surface area (Å²) in [5.74, 6) is 0.424. The Kier molecular flexibility index (Phi) is 6.81. The molecule has 0 unspecified atom stereocenters. The molecule has 0 fully saturated rings. The van der Waals surface area contributed by atoms with Crippen LogP contribution in [-0.2, 0) is 11.3 Å². The van der Waals surface area contributed by atoms with Crippen molar-refractivity contribution in [2.45, 2.75) is 33.2 Å². The fourth-order valence-corrected chi connectivity index (χ4v) is 3.97. The van der Waals surface area contributed by atoms with Gasteiger partial charge in [0.1, 0.15) is 0 Å². The first kappa shape index (κ1) is 18.2. The molecule has 0 aliphatic carbocycles. The highest BCUT2D eigenvalue weighted by Crippen LogP contribution is 2.24. The lowest BCUT2D eigenvalue weighted by Crippen LogP contribution is -2.32. The van der Waals surface area contributed by atoms with Crippen molar-refractivity contribution in [1.29, 1.82) is 0 Å². The number of thiophene rings is 1. The lowest BCUT2D eigenvalue weighted by Gasteiger charge is -2.20. The summed E-state index contributed by atoms with van der Waals surface area (Å²) in [6, 6.07) is 12.2. The van der Waals surface area contributed by atoms with Crippen molar-refractivity contribution >= 4 is 38.9 Å². The number of halogens is 1. The number of nitrogens with one attached hydrogen (secondary N) is 1. The van der Waals surface area contributed by atoms with Crippen LogP contribution in [0.4, 0.5) is 5.69 Å². The Morgan fingerprint density at radius 1 is 1.26 bits per heavy atom. The van der Waals surface area contributed by atoms with Crippen LogP contribution in [0.25, 0.3) is 0 Å². The van der Waals surface area contributed by atoms with E-state index in [9.17, 15) is 4.79 Å². The van der Waals surface area contributed by atoms with Crippen molar-refractivity contribution in [2.24, 2.45) is 0 Å². The summed E-state index contributed by atoms with van der Waals surface area (Å²) in [4.78, 5) is 15.8. The molecule has 0 aliphatic rings. The summed E-state index contributed by atoms with van der Waals surface area (Å²) in [5, 5.41) is 3.06. The average Bonchev–Trinajstić information content (AvgIpc) is 2.92. The lowest BCUT2D eigenvalue weighted by atomic mass is 10.0. The topological polar surface area (TPSA) is 32.3 Å². The molecule has 5 heteroatoms. The molecule has 1 heterocycles. The van der Waals surface area contributed by atoms with E-state index >= 15 is 0 Å². The Balaban J connectivity index is 1.97. The molecule has 2 aromatic rings. The minimum absolute atomic E-state index is 0.0376. The molecule has 0 atom stereocenters. The van der Waals surface area contributed by atoms with E-state index in [2.05, 4.69) is 59.1 Å². The molecular formula is C18H23BrN2OS. The normalized spacial score (nSPS) is 11.2. The van der Waals surface area contributed by atoms with Crippen LogP contribution >= 0.6 is 27.3 Å². The third-order valence-electron chi connectivity index (χ3n) is 3.68. The molecule has 0 spiro atoms. The van der Waals surface area contributed by atoms with Gasteiger partial charge in [-0.25, -0.2) is 0 Å². The molecule has 2 rings (SSSR count). The highest BCUT2D eigenvalue weighted by atomic mass is 79.9. The van der Waals surface area contributed by atoms with Gasteiger partial charge in [0, 0.05) is 17.1 Å². The predicted molar refractivity (Wildman–Crippen MR) is 102 cm³/mol. The SMILES string of the molecule is CCN(CC(=O)Nc1ccccc1C(C)C)Cc1ccc(Br)s1. The fourth-order valence-electron chi connectivity index (χ4n) is 2.44. The number of carbonyl (C=O) groups excluding carboxylic acids is 1. The van der Waals surface area contributed by atoms with Gasteiger partial charge in [-0.15, -0.1) is 11.3 Å². The average molecular weight is 395 g/mol. The van der Waals surface area contributed by atoms with Crippen molar-refractivity contribution in [2.75, 3.05) is 18.4 Å². The number of benzene rings is 1. The number of likely N-dealkylation sites (N-methyl/N-ethyl adjacent to an activating group) is 1. The Morgan fingerprint density at radius 2 is 2.00 bits per heavy atom. The maximum atomic E-state index is 12.4. The summed E-state index contributed by atoms with van der Waals surface area (Å²) in [6.45, 7) is 8.40. The molecule has 124 valence electrons. The Labute approximate surface area is 150 Å². The van der Waals surface area contributed by atoms with Crippen LogP contribution in [0.5, 0.6) is 0 Å². The first-order valence-corrected chi connectivity index (χ1v) is 9.46. The van der Waals surface area contributed by atoms with Gasteiger partial charge in [-0.1, -0.05) is 39.0 Å². The number of amides is 1. The van der Waals surface area contributed by atoms with Gasteiger partial charge in [0.2, 0.25) is 5.91 Å². The number of para-hydroxylation sites is 1. The van der Waals surface area contributed by atoms with Gasteiger partial charge in [-0.2, -0.15) is 0 Å². The molecule has 0 bridgehead atoms. The highest BCUT2D eigenvalue weighted by Gasteiger charge is 2.13. The smallest absolute Gasteiger partial charge is 0.238 e. The van der Waals surface area contributed by atoms with Crippen molar-refractivity contribution in [3.8, 4) is 0 Å². The van der Waals surface area contributed by atoms with E-state index in [1.807, 2.05) is 24.3 Å². The van der Waals surface area contributed by atoms with E-state index in [0.29, 0.717) is 12.5 Å². The van der Waals surface area contributed by atoms with Crippen LogP contribution in [0.1, 0.15) is 37.1 Å². The first-order chi connectivity index (χ1) is 11.0. The van der Waals surface area contributed by atoms with Gasteiger partial charge in [0.15, 0.2) is 0 Å². The maximum absolute atomic E-state index is 12.4. The summed E-state index contributed by atoms with van der Waals surface area (Å²) >= 11 is 5.19. The maximum Gasteiger partial charge on any atom is 0.238 e. The third-order valence-corrected chi connectivity index (χ3v) is 5.29. The minimum atomic E-state index is 0.0376. The third kappa shape index (κ3) is 5.44. The van der Waals surface area contributed by atoms with Gasteiger partial charge in [0.25, 0.3) is 0 Å². The molecule has 0 saturated heterocycles. The van der Waals surface area contributed by atoms with Gasteiger partial charge in [-0.3, -0.25) is 9.69 Å². The van der Waals surface area contributed by atoms with Crippen molar-refractivity contribution < 1.29 is 4.79 Å². The number of hydrogen-bond donors (Lipinski definition) is 1. The second kappa shape index (κ2) is 8.62. The van der Waals surface area contributed by atoms with Crippen LogP contribution in [0.3, 0.4) is 0 Å². The van der Waals surface area contributed by atoms with Crippen LogP contribution < -0.4 is 5.32 Å². The first-order valence-electron chi connectivity index (χ1n) is 7.85. The molecule has 1 aromatic carbocycles. The zero-order valence-corrected chi connectivity index (χ0v) is 16.2. The highest BCUT2D eigenvalue weighted by molar-refractivity contribution is 9.11. The summed E-state index contributed by atoms with van der Waals surface area (Å²) in [6.07, 6.45) is 0. The van der Waals surface area contributed by atoms with Crippen molar-refractivity contribution in [3.63, 3.8) is 0 Å². The van der Waals surface area contributed by atoms with Gasteiger partial charge < -0.3 is 5.32 Å². The van der Waals surface area contributed by atoms with E-state index in [0.717, 1.165) is 22.6 Å². The number of hydrogen-bond acceptors (Lipinski definition) is 3.